The van der Waals surface area contributed by atoms with Crippen LogP contribution >= 0.6 is 0 Å². The highest BCUT2D eigenvalue weighted by Crippen LogP contribution is 2.61. The third-order valence-electron chi connectivity index (χ3n) is 6.50. The molecule has 0 N–H and O–H groups in total. The molecule has 0 aromatic heterocycles. The first kappa shape index (κ1) is 15.1. The highest BCUT2D eigenvalue weighted by atomic mass is 16.7. The van der Waals surface area contributed by atoms with Crippen molar-refractivity contribution in [1.29, 1.82) is 0 Å². The van der Waals surface area contributed by atoms with Gasteiger partial charge in [-0.25, -0.2) is 4.79 Å². The van der Waals surface area contributed by atoms with Crippen molar-refractivity contribution in [1.82, 2.24) is 5.06 Å². The minimum Gasteiger partial charge on any atom is -0.330 e. The zero-order valence-corrected chi connectivity index (χ0v) is 14.5. The van der Waals surface area contributed by atoms with Crippen LogP contribution in [-0.2, 0) is 19.2 Å². The van der Waals surface area contributed by atoms with Crippen molar-refractivity contribution in [3.8, 4) is 0 Å². The zero-order chi connectivity index (χ0) is 18.3. The monoisotopic (exact) mass is 359 g/mol. The number of carbonyl (C=O) groups excluding carboxylic acids is 3. The molecule has 1 saturated carbocycles. The minimum atomic E-state index is -0.501. The first-order valence-electron chi connectivity index (χ1n) is 9.44. The minimum absolute atomic E-state index is 0.167. The fourth-order valence-corrected chi connectivity index (χ4v) is 5.22. The Balaban J connectivity index is 1.50. The Labute approximate surface area is 155 Å². The number of amides is 2. The van der Waals surface area contributed by atoms with Gasteiger partial charge in [0.05, 0.1) is 17.8 Å². The van der Waals surface area contributed by atoms with Crippen LogP contribution in [0.3, 0.4) is 0 Å². The van der Waals surface area contributed by atoms with E-state index in [9.17, 15) is 14.4 Å². The van der Waals surface area contributed by atoms with Crippen molar-refractivity contribution < 1.29 is 19.2 Å². The largest absolute Gasteiger partial charge is 0.336 e. The predicted molar refractivity (Wildman–Crippen MR) is 94.2 cm³/mol. The summed E-state index contributed by atoms with van der Waals surface area (Å²) in [4.78, 5) is 43.7. The van der Waals surface area contributed by atoms with E-state index >= 15 is 0 Å². The van der Waals surface area contributed by atoms with Crippen LogP contribution < -0.4 is 0 Å². The summed E-state index contributed by atoms with van der Waals surface area (Å²) in [5.41, 5.74) is 4.44. The van der Waals surface area contributed by atoms with Gasteiger partial charge in [-0.1, -0.05) is 48.5 Å². The second kappa shape index (κ2) is 5.06. The van der Waals surface area contributed by atoms with Crippen LogP contribution in [0.1, 0.15) is 46.9 Å². The maximum Gasteiger partial charge on any atom is 0.336 e. The van der Waals surface area contributed by atoms with E-state index in [2.05, 4.69) is 24.3 Å². The fraction of sp³-hybridized carbons (Fsp3) is 0.318. The molecule has 2 amide bonds. The molecule has 2 fully saturated rings. The quantitative estimate of drug-likeness (QED) is 0.774. The normalized spacial score (nSPS) is 30.0. The van der Waals surface area contributed by atoms with Crippen LogP contribution in [0.4, 0.5) is 0 Å². The van der Waals surface area contributed by atoms with E-state index in [4.69, 9.17) is 4.84 Å². The Bertz CT molecular complexity index is 909. The van der Waals surface area contributed by atoms with Gasteiger partial charge in [-0.05, 0) is 35.1 Å². The molecule has 1 aliphatic heterocycles. The SMILES string of the molecule is O=C(ON1C(=O)C2C3c4ccccc4C(c4ccccc43)C2C1=O)C1CC1. The van der Waals surface area contributed by atoms with Crippen molar-refractivity contribution >= 4 is 17.8 Å². The third kappa shape index (κ3) is 1.86. The Hall–Kier alpha value is -2.95. The number of hydroxylamine groups is 2. The van der Waals surface area contributed by atoms with E-state index < -0.39 is 17.8 Å². The van der Waals surface area contributed by atoms with Gasteiger partial charge in [0.2, 0.25) is 0 Å². The van der Waals surface area contributed by atoms with Crippen molar-refractivity contribution in [2.24, 2.45) is 17.8 Å². The zero-order valence-electron chi connectivity index (χ0n) is 14.5. The van der Waals surface area contributed by atoms with E-state index in [1.54, 1.807) is 0 Å². The van der Waals surface area contributed by atoms with Crippen molar-refractivity contribution in [2.75, 3.05) is 0 Å². The van der Waals surface area contributed by atoms with Crippen LogP contribution in [0.2, 0.25) is 0 Å². The number of benzene rings is 2. The molecule has 5 heteroatoms. The number of hydrogen-bond acceptors (Lipinski definition) is 4. The third-order valence-corrected chi connectivity index (χ3v) is 6.50. The lowest BCUT2D eigenvalue weighted by atomic mass is 9.55. The summed E-state index contributed by atoms with van der Waals surface area (Å²) < 4.78 is 0. The van der Waals surface area contributed by atoms with E-state index in [1.165, 1.54) is 0 Å². The van der Waals surface area contributed by atoms with Gasteiger partial charge < -0.3 is 4.84 Å². The summed E-state index contributed by atoms with van der Waals surface area (Å²) in [7, 11) is 0. The average Bonchev–Trinajstić information content (AvgIpc) is 3.52. The Kier molecular flexibility index (Phi) is 2.84. The van der Waals surface area contributed by atoms with Crippen molar-refractivity contribution in [3.05, 3.63) is 70.8 Å². The molecule has 134 valence electrons. The lowest BCUT2D eigenvalue weighted by Gasteiger charge is -2.45. The summed E-state index contributed by atoms with van der Waals surface area (Å²) in [6.07, 6.45) is 1.54. The summed E-state index contributed by atoms with van der Waals surface area (Å²) >= 11 is 0. The molecule has 5 nitrogen and oxygen atoms in total. The molecular formula is C22H17NO4. The summed E-state index contributed by atoms with van der Waals surface area (Å²) in [6, 6.07) is 16.1. The average molecular weight is 359 g/mol. The van der Waals surface area contributed by atoms with Gasteiger partial charge in [0.15, 0.2) is 0 Å². The maximum atomic E-state index is 13.2. The number of carbonyl (C=O) groups is 3. The topological polar surface area (TPSA) is 63.7 Å². The van der Waals surface area contributed by atoms with Crippen molar-refractivity contribution in [3.63, 3.8) is 0 Å². The molecule has 5 aliphatic rings. The fourth-order valence-electron chi connectivity index (χ4n) is 5.22. The van der Waals surface area contributed by atoms with Gasteiger partial charge >= 0.3 is 5.97 Å². The van der Waals surface area contributed by atoms with Crippen LogP contribution in [0, 0.1) is 17.8 Å². The molecule has 2 unspecified atom stereocenters. The van der Waals surface area contributed by atoms with Gasteiger partial charge in [0.25, 0.3) is 11.8 Å². The molecule has 0 radical (unpaired) electrons. The van der Waals surface area contributed by atoms with Gasteiger partial charge in [0.1, 0.15) is 0 Å². The van der Waals surface area contributed by atoms with Crippen LogP contribution in [-0.4, -0.2) is 22.8 Å². The van der Waals surface area contributed by atoms with E-state index in [0.717, 1.165) is 40.2 Å². The standard InChI is InChI=1S/C22H17NO4/c24-20-18-16-12-5-1-2-6-13(12)17(15-8-4-3-7-14(15)16)19(18)21(25)23(20)27-22(26)11-9-10-11/h1-8,11,16-19H,9-10H2. The Morgan fingerprint density at radius 3 is 1.56 bits per heavy atom. The molecular weight excluding hydrogens is 342 g/mol. The van der Waals surface area contributed by atoms with Crippen LogP contribution in [0.15, 0.2) is 48.5 Å². The predicted octanol–water partition coefficient (Wildman–Crippen LogP) is 2.75. The first-order valence-corrected chi connectivity index (χ1v) is 9.44. The van der Waals surface area contributed by atoms with Gasteiger partial charge in [0, 0.05) is 11.8 Å². The Morgan fingerprint density at radius 2 is 1.19 bits per heavy atom. The smallest absolute Gasteiger partial charge is 0.330 e. The molecule has 2 aromatic rings. The molecule has 0 spiro atoms. The first-order chi connectivity index (χ1) is 13.2. The summed E-state index contributed by atoms with van der Waals surface area (Å²) in [5.74, 6) is -2.73. The molecule has 7 rings (SSSR count). The maximum absolute atomic E-state index is 13.2. The highest BCUT2D eigenvalue weighted by Gasteiger charge is 2.63. The second-order valence-corrected chi connectivity index (χ2v) is 7.92. The number of hydrogen-bond donors (Lipinski definition) is 0. The molecule has 2 atom stereocenters. The van der Waals surface area contributed by atoms with Gasteiger partial charge in [-0.15, -0.1) is 5.06 Å². The van der Waals surface area contributed by atoms with Crippen molar-refractivity contribution in [2.45, 2.75) is 24.7 Å². The molecule has 2 bridgehead atoms. The van der Waals surface area contributed by atoms with Gasteiger partial charge in [-0.3, -0.25) is 9.59 Å². The number of imide groups is 1. The summed E-state index contributed by atoms with van der Waals surface area (Å²) in [6.45, 7) is 0. The molecule has 2 aromatic carbocycles. The van der Waals surface area contributed by atoms with E-state index in [1.807, 2.05) is 24.3 Å². The van der Waals surface area contributed by atoms with Crippen LogP contribution in [0.5, 0.6) is 0 Å². The summed E-state index contributed by atoms with van der Waals surface area (Å²) in [5, 5.41) is 0.772. The molecule has 4 aliphatic carbocycles. The highest BCUT2D eigenvalue weighted by molar-refractivity contribution is 6.07. The van der Waals surface area contributed by atoms with Gasteiger partial charge in [-0.2, -0.15) is 0 Å². The molecule has 27 heavy (non-hydrogen) atoms. The number of rotatable bonds is 2. The van der Waals surface area contributed by atoms with E-state index in [0.29, 0.717) is 0 Å². The Morgan fingerprint density at radius 1 is 0.778 bits per heavy atom. The van der Waals surface area contributed by atoms with Crippen LogP contribution in [0.25, 0.3) is 0 Å². The van der Waals surface area contributed by atoms with E-state index in [-0.39, 0.29) is 29.6 Å². The number of nitrogens with zero attached hydrogens (tertiary/aromatic N) is 1. The second-order valence-electron chi connectivity index (χ2n) is 7.92. The molecule has 1 heterocycles. The molecule has 1 saturated heterocycles. The lowest BCUT2D eigenvalue weighted by Crippen LogP contribution is -2.41. The lowest BCUT2D eigenvalue weighted by molar-refractivity contribution is -0.199.